The number of pyridine rings is 1. The van der Waals surface area contributed by atoms with E-state index in [1.54, 1.807) is 13.1 Å². The number of fused-ring (bicyclic) bond motifs is 1. The van der Waals surface area contributed by atoms with E-state index in [0.29, 0.717) is 5.39 Å². The minimum Gasteiger partial charge on any atom is -0.462 e. The minimum atomic E-state index is -0.534. The molecule has 2 aromatic rings. The van der Waals surface area contributed by atoms with Crippen LogP contribution in [0.25, 0.3) is 10.9 Å². The predicted octanol–water partition coefficient (Wildman–Crippen LogP) is 3.14. The molecule has 1 atom stereocenters. The van der Waals surface area contributed by atoms with Crippen LogP contribution < -0.4 is 5.43 Å². The van der Waals surface area contributed by atoms with Gasteiger partial charge in [-0.3, -0.25) is 4.79 Å². The van der Waals surface area contributed by atoms with Crippen molar-refractivity contribution in [1.82, 2.24) is 9.47 Å². The standard InChI is InChI=1S/C20H26N2O3/c1-4-21-10-6-7-15(12-21)22-13-17(20(24)25-5-2)19(23)16-11-14(3)8-9-18(16)22/h8-9,11,13,15H,4-7,10,12H2,1-3H3/t15-/m0/s1. The first-order chi connectivity index (χ1) is 12.0. The van der Waals surface area contributed by atoms with Crippen LogP contribution in [0.1, 0.15) is 48.7 Å². The third-order valence-electron chi connectivity index (χ3n) is 5.00. The average molecular weight is 342 g/mol. The molecular weight excluding hydrogens is 316 g/mol. The van der Waals surface area contributed by atoms with Gasteiger partial charge in [-0.05, 0) is 51.9 Å². The Morgan fingerprint density at radius 3 is 2.84 bits per heavy atom. The van der Waals surface area contributed by atoms with Crippen molar-refractivity contribution in [2.45, 2.75) is 39.7 Å². The molecule has 2 heterocycles. The van der Waals surface area contributed by atoms with Crippen LogP contribution in [-0.4, -0.2) is 41.7 Å². The number of carbonyl (C=O) groups excluding carboxylic acids is 1. The molecule has 134 valence electrons. The molecule has 0 unspecified atom stereocenters. The number of ether oxygens (including phenoxy) is 1. The first-order valence-electron chi connectivity index (χ1n) is 9.10. The van der Waals surface area contributed by atoms with Crippen LogP contribution in [0.4, 0.5) is 0 Å². The van der Waals surface area contributed by atoms with Gasteiger partial charge >= 0.3 is 5.97 Å². The maximum absolute atomic E-state index is 12.8. The van der Waals surface area contributed by atoms with Gasteiger partial charge in [-0.15, -0.1) is 0 Å². The molecule has 1 fully saturated rings. The minimum absolute atomic E-state index is 0.133. The lowest BCUT2D eigenvalue weighted by molar-refractivity contribution is 0.0523. The number of benzene rings is 1. The van der Waals surface area contributed by atoms with Crippen LogP contribution in [0, 0.1) is 6.92 Å². The Balaban J connectivity index is 2.17. The molecule has 0 bridgehead atoms. The van der Waals surface area contributed by atoms with E-state index in [4.69, 9.17) is 4.74 Å². The Morgan fingerprint density at radius 2 is 2.12 bits per heavy atom. The zero-order chi connectivity index (χ0) is 18.0. The second-order valence-electron chi connectivity index (χ2n) is 6.71. The summed E-state index contributed by atoms with van der Waals surface area (Å²) in [4.78, 5) is 27.5. The second-order valence-corrected chi connectivity index (χ2v) is 6.71. The van der Waals surface area contributed by atoms with Crippen molar-refractivity contribution in [3.63, 3.8) is 0 Å². The van der Waals surface area contributed by atoms with Crippen LogP contribution in [0.15, 0.2) is 29.2 Å². The highest BCUT2D eigenvalue weighted by molar-refractivity contribution is 5.94. The Kier molecular flexibility index (Phi) is 5.23. The van der Waals surface area contributed by atoms with E-state index in [9.17, 15) is 9.59 Å². The van der Waals surface area contributed by atoms with Crippen molar-refractivity contribution in [3.05, 3.63) is 45.7 Å². The van der Waals surface area contributed by atoms with Gasteiger partial charge in [0.1, 0.15) is 5.56 Å². The maximum Gasteiger partial charge on any atom is 0.343 e. The van der Waals surface area contributed by atoms with Crippen LogP contribution in [0.2, 0.25) is 0 Å². The lowest BCUT2D eigenvalue weighted by Crippen LogP contribution is -2.37. The highest BCUT2D eigenvalue weighted by atomic mass is 16.5. The zero-order valence-electron chi connectivity index (χ0n) is 15.2. The predicted molar refractivity (Wildman–Crippen MR) is 99.3 cm³/mol. The molecule has 0 saturated carbocycles. The molecule has 5 heteroatoms. The van der Waals surface area contributed by atoms with E-state index in [-0.39, 0.29) is 23.6 Å². The smallest absolute Gasteiger partial charge is 0.343 e. The van der Waals surface area contributed by atoms with Gasteiger partial charge in [0.05, 0.1) is 12.1 Å². The highest BCUT2D eigenvalue weighted by Gasteiger charge is 2.24. The van der Waals surface area contributed by atoms with E-state index in [1.165, 1.54) is 0 Å². The molecule has 1 aromatic carbocycles. The molecule has 0 radical (unpaired) electrons. The van der Waals surface area contributed by atoms with E-state index in [2.05, 4.69) is 16.4 Å². The molecule has 1 saturated heterocycles. The molecule has 1 aliphatic rings. The number of aromatic nitrogens is 1. The Bertz CT molecular complexity index is 841. The Labute approximate surface area is 148 Å². The van der Waals surface area contributed by atoms with E-state index in [0.717, 1.165) is 43.6 Å². The summed E-state index contributed by atoms with van der Waals surface area (Å²) in [5.41, 5.74) is 1.80. The van der Waals surface area contributed by atoms with Gasteiger partial charge in [0.2, 0.25) is 5.43 Å². The number of nitrogens with zero attached hydrogens (tertiary/aromatic N) is 2. The van der Waals surface area contributed by atoms with Gasteiger partial charge in [0, 0.05) is 24.2 Å². The third kappa shape index (κ3) is 3.47. The number of rotatable bonds is 4. The number of aryl methyl sites for hydroxylation is 1. The summed E-state index contributed by atoms with van der Waals surface area (Å²) in [6.45, 7) is 9.19. The topological polar surface area (TPSA) is 51.5 Å². The van der Waals surface area contributed by atoms with Crippen molar-refractivity contribution in [2.24, 2.45) is 0 Å². The van der Waals surface area contributed by atoms with Gasteiger partial charge in [0.25, 0.3) is 0 Å². The fourth-order valence-corrected chi connectivity index (χ4v) is 3.67. The monoisotopic (exact) mass is 342 g/mol. The summed E-state index contributed by atoms with van der Waals surface area (Å²) >= 11 is 0. The quantitative estimate of drug-likeness (QED) is 0.801. The number of likely N-dealkylation sites (N-methyl/N-ethyl adjacent to an activating group) is 1. The van der Waals surface area contributed by atoms with Gasteiger partial charge < -0.3 is 14.2 Å². The SMILES string of the molecule is CCOC(=O)c1cn([C@H]2CCCN(CC)C2)c2ccc(C)cc2c1=O. The summed E-state index contributed by atoms with van der Waals surface area (Å²) in [6, 6.07) is 6.14. The van der Waals surface area contributed by atoms with Gasteiger partial charge in [-0.2, -0.15) is 0 Å². The largest absolute Gasteiger partial charge is 0.462 e. The fourth-order valence-electron chi connectivity index (χ4n) is 3.67. The highest BCUT2D eigenvalue weighted by Crippen LogP contribution is 2.26. The second kappa shape index (κ2) is 7.40. The lowest BCUT2D eigenvalue weighted by Gasteiger charge is -2.34. The van der Waals surface area contributed by atoms with Crippen molar-refractivity contribution in [2.75, 3.05) is 26.2 Å². The van der Waals surface area contributed by atoms with Crippen molar-refractivity contribution >= 4 is 16.9 Å². The summed E-state index contributed by atoms with van der Waals surface area (Å²) < 4.78 is 7.23. The van der Waals surface area contributed by atoms with E-state index >= 15 is 0 Å². The first kappa shape index (κ1) is 17.7. The van der Waals surface area contributed by atoms with E-state index < -0.39 is 5.97 Å². The maximum atomic E-state index is 12.8. The summed E-state index contributed by atoms with van der Waals surface area (Å²) in [5.74, 6) is -0.534. The molecule has 5 nitrogen and oxygen atoms in total. The normalized spacial score (nSPS) is 18.4. The van der Waals surface area contributed by atoms with Gasteiger partial charge in [-0.25, -0.2) is 4.79 Å². The molecule has 1 aliphatic heterocycles. The summed E-state index contributed by atoms with van der Waals surface area (Å²) in [6.07, 6.45) is 3.87. The number of esters is 1. The van der Waals surface area contributed by atoms with Crippen LogP contribution >= 0.6 is 0 Å². The van der Waals surface area contributed by atoms with Crippen LogP contribution in [0.5, 0.6) is 0 Å². The van der Waals surface area contributed by atoms with E-state index in [1.807, 2.05) is 25.1 Å². The number of likely N-dealkylation sites (tertiary alicyclic amines) is 1. The van der Waals surface area contributed by atoms with Crippen LogP contribution in [-0.2, 0) is 4.74 Å². The molecule has 3 rings (SSSR count). The van der Waals surface area contributed by atoms with Crippen LogP contribution in [0.3, 0.4) is 0 Å². The molecule has 25 heavy (non-hydrogen) atoms. The molecule has 0 amide bonds. The third-order valence-corrected chi connectivity index (χ3v) is 5.00. The first-order valence-corrected chi connectivity index (χ1v) is 9.10. The number of hydrogen-bond acceptors (Lipinski definition) is 4. The molecule has 0 N–H and O–H groups in total. The number of carbonyl (C=O) groups is 1. The summed E-state index contributed by atoms with van der Waals surface area (Å²) in [7, 11) is 0. The fraction of sp³-hybridized carbons (Fsp3) is 0.500. The Morgan fingerprint density at radius 1 is 1.32 bits per heavy atom. The zero-order valence-corrected chi connectivity index (χ0v) is 15.2. The van der Waals surface area contributed by atoms with Gasteiger partial charge in [-0.1, -0.05) is 18.6 Å². The van der Waals surface area contributed by atoms with Gasteiger partial charge in [0.15, 0.2) is 0 Å². The lowest BCUT2D eigenvalue weighted by atomic mass is 10.0. The Hall–Kier alpha value is -2.14. The summed E-state index contributed by atoms with van der Waals surface area (Å²) in [5, 5.41) is 0.596. The number of hydrogen-bond donors (Lipinski definition) is 0. The van der Waals surface area contributed by atoms with Crippen molar-refractivity contribution in [1.29, 1.82) is 0 Å². The molecular formula is C20H26N2O3. The average Bonchev–Trinajstić information content (AvgIpc) is 2.62. The number of piperidine rings is 1. The molecule has 0 aliphatic carbocycles. The van der Waals surface area contributed by atoms with Crippen molar-refractivity contribution in [3.8, 4) is 0 Å². The van der Waals surface area contributed by atoms with Crippen molar-refractivity contribution < 1.29 is 9.53 Å². The molecule has 1 aromatic heterocycles. The molecule has 0 spiro atoms.